The van der Waals surface area contributed by atoms with Gasteiger partial charge in [-0.25, -0.2) is 4.98 Å². The Kier molecular flexibility index (Phi) is 3.24. The van der Waals surface area contributed by atoms with E-state index in [9.17, 15) is 0 Å². The summed E-state index contributed by atoms with van der Waals surface area (Å²) in [5, 5.41) is 0.776. The lowest BCUT2D eigenvalue weighted by atomic mass is 10.1. The number of imidazole rings is 1. The molecular weight excluding hydrogens is 270 g/mol. The number of nitrogens with zero attached hydrogens (tertiary/aromatic N) is 2. The molecule has 0 saturated carbocycles. The molecule has 3 aromatic rings. The zero-order valence-electron chi connectivity index (χ0n) is 11.5. The van der Waals surface area contributed by atoms with Gasteiger partial charge in [0, 0.05) is 24.2 Å². The van der Waals surface area contributed by atoms with Crippen LogP contribution in [0.15, 0.2) is 36.4 Å². The van der Waals surface area contributed by atoms with Gasteiger partial charge in [-0.3, -0.25) is 0 Å². The Labute approximate surface area is 123 Å². The summed E-state index contributed by atoms with van der Waals surface area (Å²) in [5.41, 5.74) is 11.0. The summed E-state index contributed by atoms with van der Waals surface area (Å²) in [5.74, 6) is 0.939. The summed E-state index contributed by atoms with van der Waals surface area (Å²) in [4.78, 5) is 4.71. The van der Waals surface area contributed by atoms with Crippen molar-refractivity contribution in [1.29, 1.82) is 0 Å². The van der Waals surface area contributed by atoms with Crippen LogP contribution in [0.3, 0.4) is 0 Å². The van der Waals surface area contributed by atoms with Crippen molar-refractivity contribution < 1.29 is 0 Å². The lowest BCUT2D eigenvalue weighted by Gasteiger charge is -2.05. The maximum atomic E-state index is 6.09. The molecule has 0 aliphatic rings. The molecule has 0 bridgehead atoms. The summed E-state index contributed by atoms with van der Waals surface area (Å²) < 4.78 is 2.09. The molecule has 2 N–H and O–H groups in total. The second-order valence-corrected chi connectivity index (χ2v) is 5.39. The molecule has 0 radical (unpaired) electrons. The van der Waals surface area contributed by atoms with Crippen LogP contribution >= 0.6 is 11.6 Å². The van der Waals surface area contributed by atoms with E-state index in [0.29, 0.717) is 6.54 Å². The standard InChI is InChI=1S/C16H16ClN3/c1-10-7-12(4-5-13(10)17)16-19-14-6-3-11(9-18)8-15(14)20(16)2/h3-8H,9,18H2,1-2H3. The molecular formula is C16H16ClN3. The number of aryl methyl sites for hydroxylation is 2. The molecule has 4 heteroatoms. The first kappa shape index (κ1) is 13.2. The number of aromatic nitrogens is 2. The molecule has 0 saturated heterocycles. The van der Waals surface area contributed by atoms with Crippen LogP contribution in [0, 0.1) is 6.92 Å². The Hall–Kier alpha value is -1.84. The molecule has 0 aliphatic carbocycles. The fraction of sp³-hybridized carbons (Fsp3) is 0.188. The molecule has 1 aromatic heterocycles. The van der Waals surface area contributed by atoms with Crippen LogP contribution in [-0.4, -0.2) is 9.55 Å². The Morgan fingerprint density at radius 1 is 1.20 bits per heavy atom. The van der Waals surface area contributed by atoms with Gasteiger partial charge in [-0.2, -0.15) is 0 Å². The van der Waals surface area contributed by atoms with E-state index in [0.717, 1.165) is 38.6 Å². The van der Waals surface area contributed by atoms with Crippen molar-refractivity contribution in [2.45, 2.75) is 13.5 Å². The van der Waals surface area contributed by atoms with E-state index in [-0.39, 0.29) is 0 Å². The third-order valence-electron chi connectivity index (χ3n) is 3.60. The second kappa shape index (κ2) is 4.93. The van der Waals surface area contributed by atoms with Crippen molar-refractivity contribution in [2.75, 3.05) is 0 Å². The normalized spacial score (nSPS) is 11.2. The lowest BCUT2D eigenvalue weighted by molar-refractivity contribution is 0.956. The number of fused-ring (bicyclic) bond motifs is 1. The highest BCUT2D eigenvalue weighted by molar-refractivity contribution is 6.31. The Bertz CT molecular complexity index is 790. The van der Waals surface area contributed by atoms with Crippen molar-refractivity contribution in [3.05, 3.63) is 52.5 Å². The predicted octanol–water partition coefficient (Wildman–Crippen LogP) is 3.66. The zero-order valence-corrected chi connectivity index (χ0v) is 12.3. The van der Waals surface area contributed by atoms with Gasteiger partial charge in [0.25, 0.3) is 0 Å². The summed E-state index contributed by atoms with van der Waals surface area (Å²) in [6, 6.07) is 12.1. The number of nitrogens with two attached hydrogens (primary N) is 1. The highest BCUT2D eigenvalue weighted by Crippen LogP contribution is 2.27. The third kappa shape index (κ3) is 2.09. The number of rotatable bonds is 2. The molecule has 3 rings (SSSR count). The molecule has 0 spiro atoms. The Balaban J connectivity index is 2.21. The quantitative estimate of drug-likeness (QED) is 0.781. The summed E-state index contributed by atoms with van der Waals surface area (Å²) in [7, 11) is 2.02. The van der Waals surface area contributed by atoms with E-state index < -0.39 is 0 Å². The minimum absolute atomic E-state index is 0.538. The van der Waals surface area contributed by atoms with Crippen LogP contribution in [0.4, 0.5) is 0 Å². The van der Waals surface area contributed by atoms with Gasteiger partial charge in [-0.1, -0.05) is 17.7 Å². The van der Waals surface area contributed by atoms with Crippen molar-refractivity contribution in [1.82, 2.24) is 9.55 Å². The van der Waals surface area contributed by atoms with E-state index in [4.69, 9.17) is 22.3 Å². The fourth-order valence-electron chi connectivity index (χ4n) is 2.40. The summed E-state index contributed by atoms with van der Waals surface area (Å²) in [6.07, 6.45) is 0. The number of hydrogen-bond acceptors (Lipinski definition) is 2. The number of hydrogen-bond donors (Lipinski definition) is 1. The van der Waals surface area contributed by atoms with E-state index in [2.05, 4.69) is 16.7 Å². The summed E-state index contributed by atoms with van der Waals surface area (Å²) >= 11 is 6.09. The van der Waals surface area contributed by atoms with Gasteiger partial charge in [-0.15, -0.1) is 0 Å². The molecule has 0 amide bonds. The van der Waals surface area contributed by atoms with Crippen LogP contribution in [0.1, 0.15) is 11.1 Å². The molecule has 1 heterocycles. The minimum Gasteiger partial charge on any atom is -0.327 e. The largest absolute Gasteiger partial charge is 0.327 e. The average Bonchev–Trinajstić information content (AvgIpc) is 2.79. The van der Waals surface area contributed by atoms with Crippen LogP contribution in [-0.2, 0) is 13.6 Å². The highest BCUT2D eigenvalue weighted by atomic mass is 35.5. The molecule has 0 atom stereocenters. The number of halogens is 1. The van der Waals surface area contributed by atoms with E-state index in [1.165, 1.54) is 0 Å². The molecule has 3 nitrogen and oxygen atoms in total. The number of benzene rings is 2. The van der Waals surface area contributed by atoms with Gasteiger partial charge in [0.15, 0.2) is 0 Å². The van der Waals surface area contributed by atoms with Gasteiger partial charge < -0.3 is 10.3 Å². The van der Waals surface area contributed by atoms with Crippen LogP contribution in [0.2, 0.25) is 5.02 Å². The average molecular weight is 286 g/mol. The predicted molar refractivity (Wildman–Crippen MR) is 83.8 cm³/mol. The Morgan fingerprint density at radius 2 is 2.00 bits per heavy atom. The third-order valence-corrected chi connectivity index (χ3v) is 4.02. The van der Waals surface area contributed by atoms with Gasteiger partial charge >= 0.3 is 0 Å². The highest BCUT2D eigenvalue weighted by Gasteiger charge is 2.11. The Morgan fingerprint density at radius 3 is 2.70 bits per heavy atom. The van der Waals surface area contributed by atoms with Crippen molar-refractivity contribution in [3.63, 3.8) is 0 Å². The monoisotopic (exact) mass is 285 g/mol. The van der Waals surface area contributed by atoms with Crippen molar-refractivity contribution >= 4 is 22.6 Å². The van der Waals surface area contributed by atoms with Gasteiger partial charge in [0.05, 0.1) is 11.0 Å². The van der Waals surface area contributed by atoms with Crippen molar-refractivity contribution in [3.8, 4) is 11.4 Å². The molecule has 0 fully saturated rings. The molecule has 20 heavy (non-hydrogen) atoms. The first-order valence-electron chi connectivity index (χ1n) is 6.52. The SMILES string of the molecule is Cc1cc(-c2nc3ccc(CN)cc3n2C)ccc1Cl. The van der Waals surface area contributed by atoms with Crippen molar-refractivity contribution in [2.24, 2.45) is 12.8 Å². The van der Waals surface area contributed by atoms with Gasteiger partial charge in [0.1, 0.15) is 5.82 Å². The first-order valence-corrected chi connectivity index (χ1v) is 6.90. The topological polar surface area (TPSA) is 43.8 Å². The molecule has 102 valence electrons. The van der Waals surface area contributed by atoms with E-state index in [1.807, 2.05) is 38.2 Å². The second-order valence-electron chi connectivity index (χ2n) is 4.99. The maximum absolute atomic E-state index is 6.09. The van der Waals surface area contributed by atoms with Gasteiger partial charge in [-0.05, 0) is 48.4 Å². The molecule has 0 aliphatic heterocycles. The van der Waals surface area contributed by atoms with Crippen LogP contribution < -0.4 is 5.73 Å². The zero-order chi connectivity index (χ0) is 14.3. The fourth-order valence-corrected chi connectivity index (χ4v) is 2.52. The lowest BCUT2D eigenvalue weighted by Crippen LogP contribution is -1.97. The first-order chi connectivity index (χ1) is 9.60. The van der Waals surface area contributed by atoms with E-state index in [1.54, 1.807) is 0 Å². The molecule has 2 aromatic carbocycles. The van der Waals surface area contributed by atoms with Crippen LogP contribution in [0.25, 0.3) is 22.4 Å². The minimum atomic E-state index is 0.538. The van der Waals surface area contributed by atoms with Gasteiger partial charge in [0.2, 0.25) is 0 Å². The molecule has 0 unspecified atom stereocenters. The summed E-state index contributed by atoms with van der Waals surface area (Å²) in [6.45, 7) is 2.54. The maximum Gasteiger partial charge on any atom is 0.140 e. The smallest absolute Gasteiger partial charge is 0.140 e. The van der Waals surface area contributed by atoms with E-state index >= 15 is 0 Å². The van der Waals surface area contributed by atoms with Crippen LogP contribution in [0.5, 0.6) is 0 Å².